The van der Waals surface area contributed by atoms with Crippen LogP contribution >= 0.6 is 11.6 Å². The number of fused-ring (bicyclic) bond motifs is 2. The predicted molar refractivity (Wildman–Crippen MR) is 121 cm³/mol. The number of hydrogen-bond acceptors (Lipinski definition) is 3. The minimum Gasteiger partial charge on any atom is -0.336 e. The van der Waals surface area contributed by atoms with Gasteiger partial charge in [-0.25, -0.2) is 0 Å². The number of halogens is 1. The van der Waals surface area contributed by atoms with Crippen LogP contribution < -0.4 is 0 Å². The summed E-state index contributed by atoms with van der Waals surface area (Å²) in [7, 11) is 0. The maximum absolute atomic E-state index is 13.1. The SMILES string of the molecule is O=C(c1ccc2c(Cl)c3c(nc2c1)CCCC3)N1CCN(Cc2ccccc2)CC1. The van der Waals surface area contributed by atoms with Crippen LogP contribution in [0, 0.1) is 0 Å². The molecule has 2 aliphatic rings. The topological polar surface area (TPSA) is 36.4 Å². The van der Waals surface area contributed by atoms with Gasteiger partial charge in [0.25, 0.3) is 5.91 Å². The molecule has 3 aromatic rings. The number of carbonyl (C=O) groups is 1. The molecule has 0 saturated carbocycles. The minimum atomic E-state index is 0.0897. The Hall–Kier alpha value is -2.43. The molecular weight excluding hydrogens is 394 g/mol. The quantitative estimate of drug-likeness (QED) is 0.616. The Kier molecular flexibility index (Phi) is 5.45. The van der Waals surface area contributed by atoms with E-state index in [1.165, 1.54) is 17.5 Å². The van der Waals surface area contributed by atoms with Crippen LogP contribution in [-0.2, 0) is 19.4 Å². The molecule has 4 nitrogen and oxygen atoms in total. The monoisotopic (exact) mass is 419 g/mol. The molecule has 5 rings (SSSR count). The van der Waals surface area contributed by atoms with Gasteiger partial charge in [-0.05, 0) is 48.9 Å². The first-order valence-corrected chi connectivity index (χ1v) is 11.2. The summed E-state index contributed by atoms with van der Waals surface area (Å²) in [6.45, 7) is 4.23. The molecule has 5 heteroatoms. The summed E-state index contributed by atoms with van der Waals surface area (Å²) in [5, 5.41) is 1.78. The molecule has 1 fully saturated rings. The van der Waals surface area contributed by atoms with E-state index in [0.29, 0.717) is 5.56 Å². The first-order valence-electron chi connectivity index (χ1n) is 10.9. The summed E-state index contributed by atoms with van der Waals surface area (Å²) in [4.78, 5) is 22.4. The molecular formula is C25H26ClN3O. The second-order valence-corrected chi connectivity index (χ2v) is 8.72. The number of rotatable bonds is 3. The maximum Gasteiger partial charge on any atom is 0.254 e. The highest BCUT2D eigenvalue weighted by atomic mass is 35.5. The van der Waals surface area contributed by atoms with Crippen molar-refractivity contribution in [2.45, 2.75) is 32.2 Å². The molecule has 0 N–H and O–H groups in total. The van der Waals surface area contributed by atoms with E-state index in [-0.39, 0.29) is 5.91 Å². The van der Waals surface area contributed by atoms with Crippen LogP contribution in [0.1, 0.15) is 40.0 Å². The molecule has 0 spiro atoms. The first-order chi connectivity index (χ1) is 14.7. The Labute approximate surface area is 182 Å². The van der Waals surface area contributed by atoms with E-state index in [9.17, 15) is 4.79 Å². The largest absolute Gasteiger partial charge is 0.336 e. The third-order valence-corrected chi connectivity index (χ3v) is 6.78. The van der Waals surface area contributed by atoms with Gasteiger partial charge in [0.1, 0.15) is 0 Å². The number of pyridine rings is 1. The van der Waals surface area contributed by atoms with Crippen molar-refractivity contribution in [3.05, 3.63) is 75.9 Å². The number of hydrogen-bond donors (Lipinski definition) is 0. The fourth-order valence-electron chi connectivity index (χ4n) is 4.63. The third kappa shape index (κ3) is 3.82. The molecule has 1 aliphatic carbocycles. The molecule has 1 aliphatic heterocycles. The highest BCUT2D eigenvalue weighted by molar-refractivity contribution is 6.36. The molecule has 1 amide bonds. The van der Waals surface area contributed by atoms with Gasteiger partial charge in [-0.2, -0.15) is 0 Å². The Morgan fingerprint density at radius 2 is 1.73 bits per heavy atom. The number of aromatic nitrogens is 1. The number of aryl methyl sites for hydroxylation is 1. The second-order valence-electron chi connectivity index (χ2n) is 8.34. The number of benzene rings is 2. The molecule has 2 heterocycles. The van der Waals surface area contributed by atoms with Gasteiger partial charge in [0.15, 0.2) is 0 Å². The van der Waals surface area contributed by atoms with Crippen molar-refractivity contribution in [1.82, 2.24) is 14.8 Å². The van der Waals surface area contributed by atoms with Crippen LogP contribution in [0.3, 0.4) is 0 Å². The molecule has 154 valence electrons. The normalized spacial score (nSPS) is 17.2. The van der Waals surface area contributed by atoms with E-state index in [0.717, 1.165) is 73.6 Å². The summed E-state index contributed by atoms with van der Waals surface area (Å²) in [6.07, 6.45) is 4.32. The van der Waals surface area contributed by atoms with Gasteiger partial charge in [-0.3, -0.25) is 14.7 Å². The smallest absolute Gasteiger partial charge is 0.254 e. The van der Waals surface area contributed by atoms with E-state index < -0.39 is 0 Å². The average Bonchev–Trinajstić information content (AvgIpc) is 2.80. The van der Waals surface area contributed by atoms with Crippen LogP contribution in [0.25, 0.3) is 10.9 Å². The van der Waals surface area contributed by atoms with Gasteiger partial charge in [0.05, 0.1) is 10.5 Å². The fourth-order valence-corrected chi connectivity index (χ4v) is 5.00. The average molecular weight is 420 g/mol. The molecule has 0 unspecified atom stereocenters. The van der Waals surface area contributed by atoms with Gasteiger partial charge >= 0.3 is 0 Å². The zero-order valence-electron chi connectivity index (χ0n) is 17.1. The summed E-state index contributed by atoms with van der Waals surface area (Å²) in [5.74, 6) is 0.0897. The lowest BCUT2D eigenvalue weighted by atomic mass is 9.94. The molecule has 30 heavy (non-hydrogen) atoms. The lowest BCUT2D eigenvalue weighted by Gasteiger charge is -2.34. The molecule has 0 radical (unpaired) electrons. The van der Waals surface area contributed by atoms with Crippen LogP contribution in [0.2, 0.25) is 5.02 Å². The molecule has 0 atom stereocenters. The minimum absolute atomic E-state index is 0.0897. The summed E-state index contributed by atoms with van der Waals surface area (Å²) >= 11 is 6.68. The highest BCUT2D eigenvalue weighted by Crippen LogP contribution is 2.33. The van der Waals surface area contributed by atoms with Crippen LogP contribution in [0.15, 0.2) is 48.5 Å². The van der Waals surface area contributed by atoms with Crippen molar-refractivity contribution < 1.29 is 4.79 Å². The standard InChI is InChI=1S/C25H26ClN3O/c26-24-20-8-4-5-9-22(20)27-23-16-19(10-11-21(23)24)25(30)29-14-12-28(13-15-29)17-18-6-2-1-3-7-18/h1-3,6-7,10-11,16H,4-5,8-9,12-15,17H2. The van der Waals surface area contributed by atoms with Crippen molar-refractivity contribution in [3.63, 3.8) is 0 Å². The zero-order valence-corrected chi connectivity index (χ0v) is 17.9. The van der Waals surface area contributed by atoms with Gasteiger partial charge in [0, 0.05) is 49.4 Å². The van der Waals surface area contributed by atoms with Crippen molar-refractivity contribution in [2.24, 2.45) is 0 Å². The lowest BCUT2D eigenvalue weighted by molar-refractivity contribution is 0.0628. The predicted octanol–water partition coefficient (Wildman–Crippen LogP) is 4.73. The third-order valence-electron chi connectivity index (χ3n) is 6.35. The molecule has 1 aromatic heterocycles. The van der Waals surface area contributed by atoms with Crippen molar-refractivity contribution in [3.8, 4) is 0 Å². The Balaban J connectivity index is 1.30. The summed E-state index contributed by atoms with van der Waals surface area (Å²) in [5.41, 5.74) is 5.17. The van der Waals surface area contributed by atoms with Crippen molar-refractivity contribution in [1.29, 1.82) is 0 Å². The number of amides is 1. The number of nitrogens with zero attached hydrogens (tertiary/aromatic N) is 3. The molecule has 0 bridgehead atoms. The van der Waals surface area contributed by atoms with E-state index in [2.05, 4.69) is 29.2 Å². The highest BCUT2D eigenvalue weighted by Gasteiger charge is 2.23. The van der Waals surface area contributed by atoms with Crippen molar-refractivity contribution in [2.75, 3.05) is 26.2 Å². The number of carbonyl (C=O) groups excluding carboxylic acids is 1. The Morgan fingerprint density at radius 1 is 0.967 bits per heavy atom. The summed E-state index contributed by atoms with van der Waals surface area (Å²) in [6, 6.07) is 16.3. The first kappa shape index (κ1) is 19.5. The van der Waals surface area contributed by atoms with Crippen molar-refractivity contribution >= 4 is 28.4 Å². The number of piperazine rings is 1. The molecule has 2 aromatic carbocycles. The van der Waals surface area contributed by atoms with Crippen LogP contribution in [0.5, 0.6) is 0 Å². The van der Waals surface area contributed by atoms with Gasteiger partial charge in [-0.15, -0.1) is 0 Å². The lowest BCUT2D eigenvalue weighted by Crippen LogP contribution is -2.48. The zero-order chi connectivity index (χ0) is 20.5. The summed E-state index contributed by atoms with van der Waals surface area (Å²) < 4.78 is 0. The maximum atomic E-state index is 13.1. The second kappa shape index (κ2) is 8.37. The Bertz CT molecular complexity index is 1070. The van der Waals surface area contributed by atoms with Crippen LogP contribution in [0.4, 0.5) is 0 Å². The van der Waals surface area contributed by atoms with Gasteiger partial charge in [0.2, 0.25) is 0 Å². The van der Waals surface area contributed by atoms with Gasteiger partial charge < -0.3 is 4.90 Å². The van der Waals surface area contributed by atoms with Crippen LogP contribution in [-0.4, -0.2) is 46.9 Å². The van der Waals surface area contributed by atoms with E-state index >= 15 is 0 Å². The van der Waals surface area contributed by atoms with E-state index in [4.69, 9.17) is 16.6 Å². The Morgan fingerprint density at radius 3 is 2.53 bits per heavy atom. The fraction of sp³-hybridized carbons (Fsp3) is 0.360. The van der Waals surface area contributed by atoms with E-state index in [1.54, 1.807) is 0 Å². The molecule has 1 saturated heterocycles. The van der Waals surface area contributed by atoms with E-state index in [1.807, 2.05) is 29.2 Å². The van der Waals surface area contributed by atoms with Gasteiger partial charge in [-0.1, -0.05) is 48.0 Å².